The van der Waals surface area contributed by atoms with Gasteiger partial charge in [0.2, 0.25) is 11.8 Å². The highest BCUT2D eigenvalue weighted by Crippen LogP contribution is 2.34. The van der Waals surface area contributed by atoms with Crippen LogP contribution in [0.25, 0.3) is 0 Å². The summed E-state index contributed by atoms with van der Waals surface area (Å²) in [6.07, 6.45) is 3.68. The van der Waals surface area contributed by atoms with Crippen molar-refractivity contribution in [2.45, 2.75) is 57.4 Å². The number of nitrogens with one attached hydrogen (secondary N) is 1. The number of fused-ring (bicyclic) bond motifs is 1. The summed E-state index contributed by atoms with van der Waals surface area (Å²) < 4.78 is 0. The molecule has 1 aliphatic rings. The van der Waals surface area contributed by atoms with Gasteiger partial charge in [0.25, 0.3) is 0 Å². The zero-order valence-corrected chi connectivity index (χ0v) is 15.7. The van der Waals surface area contributed by atoms with Crippen LogP contribution in [0.2, 0.25) is 0 Å². The number of anilines is 1. The standard InChI is InChI=1S/C19H28N2O2S/c1-14(2)7-6-8-15(3)20-18(22)11-12-21-16-9-4-5-10-17(16)24-13-19(21)23/h4-5,9-10,14-15H,6-8,11-13H2,1-3H3,(H,20,22). The molecule has 0 radical (unpaired) electrons. The van der Waals surface area contributed by atoms with E-state index in [1.807, 2.05) is 24.3 Å². The van der Waals surface area contributed by atoms with Gasteiger partial charge in [-0.3, -0.25) is 9.59 Å². The molecule has 132 valence electrons. The van der Waals surface area contributed by atoms with Gasteiger partial charge in [-0.15, -0.1) is 11.8 Å². The average Bonchev–Trinajstić information content (AvgIpc) is 2.53. The van der Waals surface area contributed by atoms with Crippen LogP contribution in [-0.4, -0.2) is 30.2 Å². The van der Waals surface area contributed by atoms with Gasteiger partial charge in [0.1, 0.15) is 0 Å². The van der Waals surface area contributed by atoms with Gasteiger partial charge in [0, 0.05) is 23.9 Å². The summed E-state index contributed by atoms with van der Waals surface area (Å²) in [4.78, 5) is 27.2. The first kappa shape index (κ1) is 18.8. The average molecular weight is 349 g/mol. The van der Waals surface area contributed by atoms with E-state index in [1.54, 1.807) is 16.7 Å². The lowest BCUT2D eigenvalue weighted by atomic mass is 10.0. The van der Waals surface area contributed by atoms with E-state index in [9.17, 15) is 9.59 Å². The highest BCUT2D eigenvalue weighted by atomic mass is 32.2. The maximum absolute atomic E-state index is 12.2. The molecule has 2 rings (SSSR count). The number of thioether (sulfide) groups is 1. The molecular weight excluding hydrogens is 320 g/mol. The second-order valence-electron chi connectivity index (χ2n) is 6.85. The summed E-state index contributed by atoms with van der Waals surface area (Å²) in [5, 5.41) is 3.05. The smallest absolute Gasteiger partial charge is 0.237 e. The van der Waals surface area contributed by atoms with E-state index in [0.717, 1.165) is 23.4 Å². The molecule has 0 saturated heterocycles. The largest absolute Gasteiger partial charge is 0.354 e. The maximum Gasteiger partial charge on any atom is 0.237 e. The number of benzene rings is 1. The first-order chi connectivity index (χ1) is 11.5. The summed E-state index contributed by atoms with van der Waals surface area (Å²) in [5.74, 6) is 1.26. The van der Waals surface area contributed by atoms with Crippen molar-refractivity contribution in [1.82, 2.24) is 5.32 Å². The molecule has 1 N–H and O–H groups in total. The Hall–Kier alpha value is -1.49. The number of para-hydroxylation sites is 1. The van der Waals surface area contributed by atoms with Crippen molar-refractivity contribution >= 4 is 29.3 Å². The molecule has 1 atom stereocenters. The molecule has 0 aliphatic carbocycles. The van der Waals surface area contributed by atoms with Crippen molar-refractivity contribution < 1.29 is 9.59 Å². The fourth-order valence-electron chi connectivity index (χ4n) is 2.86. The van der Waals surface area contributed by atoms with Crippen molar-refractivity contribution in [2.24, 2.45) is 5.92 Å². The summed E-state index contributed by atoms with van der Waals surface area (Å²) in [6, 6.07) is 8.08. The number of carbonyl (C=O) groups is 2. The fourth-order valence-corrected chi connectivity index (χ4v) is 3.80. The molecule has 1 aliphatic heterocycles. The van der Waals surface area contributed by atoms with Crippen LogP contribution in [0.1, 0.15) is 46.5 Å². The lowest BCUT2D eigenvalue weighted by Crippen LogP contribution is -2.40. The van der Waals surface area contributed by atoms with Crippen LogP contribution in [0.4, 0.5) is 5.69 Å². The first-order valence-electron chi connectivity index (χ1n) is 8.79. The topological polar surface area (TPSA) is 49.4 Å². The quantitative estimate of drug-likeness (QED) is 0.776. The molecule has 1 heterocycles. The second-order valence-corrected chi connectivity index (χ2v) is 7.86. The Morgan fingerprint density at radius 1 is 1.25 bits per heavy atom. The highest BCUT2D eigenvalue weighted by molar-refractivity contribution is 8.00. The van der Waals surface area contributed by atoms with Gasteiger partial charge in [-0.1, -0.05) is 38.8 Å². The molecule has 1 aromatic carbocycles. The minimum absolute atomic E-state index is 0.0237. The van der Waals surface area contributed by atoms with Crippen molar-refractivity contribution in [1.29, 1.82) is 0 Å². The lowest BCUT2D eigenvalue weighted by molar-refractivity contribution is -0.121. The Morgan fingerprint density at radius 2 is 2.00 bits per heavy atom. The van der Waals surface area contributed by atoms with Gasteiger partial charge in [-0.2, -0.15) is 0 Å². The molecule has 0 aromatic heterocycles. The van der Waals surface area contributed by atoms with Gasteiger partial charge < -0.3 is 10.2 Å². The maximum atomic E-state index is 12.2. The fraction of sp³-hybridized carbons (Fsp3) is 0.579. The molecule has 24 heavy (non-hydrogen) atoms. The predicted octanol–water partition coefficient (Wildman–Crippen LogP) is 3.85. The monoisotopic (exact) mass is 348 g/mol. The molecule has 4 nitrogen and oxygen atoms in total. The van der Waals surface area contributed by atoms with E-state index in [1.165, 1.54) is 6.42 Å². The summed E-state index contributed by atoms with van der Waals surface area (Å²) in [7, 11) is 0. The van der Waals surface area contributed by atoms with Crippen molar-refractivity contribution in [3.63, 3.8) is 0 Å². The second kappa shape index (κ2) is 9.11. The lowest BCUT2D eigenvalue weighted by Gasteiger charge is -2.28. The molecule has 1 aromatic rings. The Labute approximate surface area is 149 Å². The highest BCUT2D eigenvalue weighted by Gasteiger charge is 2.24. The number of carbonyl (C=O) groups excluding carboxylic acids is 2. The molecule has 0 saturated carbocycles. The number of nitrogens with zero attached hydrogens (tertiary/aromatic N) is 1. The number of amides is 2. The van der Waals surface area contributed by atoms with Crippen molar-refractivity contribution in [3.05, 3.63) is 24.3 Å². The molecule has 0 spiro atoms. The van der Waals surface area contributed by atoms with Crippen LogP contribution in [-0.2, 0) is 9.59 Å². The molecule has 0 bridgehead atoms. The summed E-state index contributed by atoms with van der Waals surface area (Å²) in [5.41, 5.74) is 0.927. The number of hydrogen-bond acceptors (Lipinski definition) is 3. The Kier molecular flexibility index (Phi) is 7.16. The minimum atomic E-state index is 0.0237. The SMILES string of the molecule is CC(C)CCCC(C)NC(=O)CCN1C(=O)CSc2ccccc21. The number of rotatable bonds is 8. The molecule has 0 fully saturated rings. The third-order valence-corrected chi connectivity index (χ3v) is 5.24. The van der Waals surface area contributed by atoms with E-state index < -0.39 is 0 Å². The normalized spacial score (nSPS) is 15.3. The number of hydrogen-bond donors (Lipinski definition) is 1. The molecule has 1 unspecified atom stereocenters. The van der Waals surface area contributed by atoms with Crippen LogP contribution < -0.4 is 10.2 Å². The van der Waals surface area contributed by atoms with Crippen LogP contribution in [0, 0.1) is 5.92 Å². The molecular formula is C19H28N2O2S. The van der Waals surface area contributed by atoms with Crippen LogP contribution in [0.15, 0.2) is 29.2 Å². The predicted molar refractivity (Wildman–Crippen MR) is 100 cm³/mol. The van der Waals surface area contributed by atoms with Gasteiger partial charge in [0.15, 0.2) is 0 Å². The van der Waals surface area contributed by atoms with E-state index in [4.69, 9.17) is 0 Å². The van der Waals surface area contributed by atoms with Gasteiger partial charge in [-0.25, -0.2) is 0 Å². The Bertz CT molecular complexity index is 574. The van der Waals surface area contributed by atoms with Crippen molar-refractivity contribution in [2.75, 3.05) is 17.2 Å². The third-order valence-electron chi connectivity index (χ3n) is 4.20. The molecule has 5 heteroatoms. The van der Waals surface area contributed by atoms with Crippen molar-refractivity contribution in [3.8, 4) is 0 Å². The summed E-state index contributed by atoms with van der Waals surface area (Å²) >= 11 is 1.57. The van der Waals surface area contributed by atoms with Gasteiger partial charge in [0.05, 0.1) is 11.4 Å². The third kappa shape index (κ3) is 5.55. The van der Waals surface area contributed by atoms with E-state index in [2.05, 4.69) is 26.1 Å². The van der Waals surface area contributed by atoms with E-state index in [0.29, 0.717) is 24.6 Å². The van der Waals surface area contributed by atoms with Gasteiger partial charge >= 0.3 is 0 Å². The van der Waals surface area contributed by atoms with E-state index in [-0.39, 0.29) is 17.9 Å². The molecule has 2 amide bonds. The zero-order valence-electron chi connectivity index (χ0n) is 14.9. The Morgan fingerprint density at radius 3 is 2.75 bits per heavy atom. The van der Waals surface area contributed by atoms with E-state index >= 15 is 0 Å². The van der Waals surface area contributed by atoms with Crippen LogP contribution in [0.5, 0.6) is 0 Å². The van der Waals surface area contributed by atoms with Gasteiger partial charge in [-0.05, 0) is 31.4 Å². The minimum Gasteiger partial charge on any atom is -0.354 e. The van der Waals surface area contributed by atoms with Crippen LogP contribution >= 0.6 is 11.8 Å². The first-order valence-corrected chi connectivity index (χ1v) is 9.77. The zero-order chi connectivity index (χ0) is 17.5. The Balaban J connectivity index is 1.80. The summed E-state index contributed by atoms with van der Waals surface area (Å²) in [6.45, 7) is 6.93. The van der Waals surface area contributed by atoms with Crippen LogP contribution in [0.3, 0.4) is 0 Å².